The van der Waals surface area contributed by atoms with E-state index in [-0.39, 0.29) is 11.4 Å². The van der Waals surface area contributed by atoms with Crippen LogP contribution in [-0.4, -0.2) is 38.4 Å². The molecule has 3 rings (SSSR count). The first kappa shape index (κ1) is 11.9. The number of hydrogen-bond donors (Lipinski definition) is 1. The number of anilines is 1. The van der Waals surface area contributed by atoms with Crippen molar-refractivity contribution in [3.8, 4) is 0 Å². The molecule has 2 aliphatic heterocycles. The molecule has 1 spiro atoms. The van der Waals surface area contributed by atoms with Gasteiger partial charge in [-0.15, -0.1) is 0 Å². The first-order valence-corrected chi connectivity index (χ1v) is 6.63. The van der Waals surface area contributed by atoms with Gasteiger partial charge in [-0.05, 0) is 31.0 Å². The zero-order valence-electron chi connectivity index (χ0n) is 10.5. The highest BCUT2D eigenvalue weighted by atomic mass is 19.1. The van der Waals surface area contributed by atoms with E-state index in [4.69, 9.17) is 4.74 Å². The van der Waals surface area contributed by atoms with Crippen molar-refractivity contribution in [1.82, 2.24) is 5.32 Å². The second kappa shape index (κ2) is 4.86. The Kier molecular flexibility index (Phi) is 3.22. The molecule has 2 heterocycles. The number of nitrogens with one attached hydrogen (secondary N) is 1. The summed E-state index contributed by atoms with van der Waals surface area (Å²) in [7, 11) is 0. The fourth-order valence-electron chi connectivity index (χ4n) is 2.96. The van der Waals surface area contributed by atoms with Gasteiger partial charge >= 0.3 is 0 Å². The maximum absolute atomic E-state index is 13.3. The molecule has 2 aliphatic rings. The van der Waals surface area contributed by atoms with Crippen molar-refractivity contribution >= 4 is 5.69 Å². The normalized spacial score (nSPS) is 28.6. The Morgan fingerprint density at radius 3 is 3.11 bits per heavy atom. The number of nitrogens with zero attached hydrogens (tertiary/aromatic N) is 1. The molecule has 1 N–H and O–H groups in total. The zero-order valence-corrected chi connectivity index (χ0v) is 10.5. The predicted molar refractivity (Wildman–Crippen MR) is 69.4 cm³/mol. The Morgan fingerprint density at radius 2 is 2.33 bits per heavy atom. The third-order valence-corrected chi connectivity index (χ3v) is 3.85. The molecule has 3 nitrogen and oxygen atoms in total. The van der Waals surface area contributed by atoms with Crippen LogP contribution in [0.3, 0.4) is 0 Å². The van der Waals surface area contributed by atoms with Gasteiger partial charge in [0.1, 0.15) is 5.82 Å². The van der Waals surface area contributed by atoms with E-state index in [1.165, 1.54) is 6.07 Å². The Morgan fingerprint density at radius 1 is 1.39 bits per heavy atom. The summed E-state index contributed by atoms with van der Waals surface area (Å²) in [6.07, 6.45) is 2.18. The molecule has 1 aromatic carbocycles. The number of hydrogen-bond acceptors (Lipinski definition) is 3. The lowest BCUT2D eigenvalue weighted by molar-refractivity contribution is -0.0725. The monoisotopic (exact) mass is 250 g/mol. The highest BCUT2D eigenvalue weighted by Crippen LogP contribution is 2.29. The number of morpholine rings is 1. The van der Waals surface area contributed by atoms with Crippen LogP contribution in [0.5, 0.6) is 0 Å². The highest BCUT2D eigenvalue weighted by molar-refractivity contribution is 5.47. The molecule has 0 radical (unpaired) electrons. The predicted octanol–water partition coefficient (Wildman–Crippen LogP) is 1.78. The van der Waals surface area contributed by atoms with Crippen LogP contribution in [0.2, 0.25) is 0 Å². The van der Waals surface area contributed by atoms with Crippen LogP contribution >= 0.6 is 0 Å². The average Bonchev–Trinajstić information content (AvgIpc) is 2.40. The number of halogens is 1. The molecule has 4 heteroatoms. The van der Waals surface area contributed by atoms with Crippen LogP contribution in [0.1, 0.15) is 12.8 Å². The van der Waals surface area contributed by atoms with Crippen molar-refractivity contribution in [1.29, 1.82) is 0 Å². The topological polar surface area (TPSA) is 24.5 Å². The Balaban J connectivity index is 1.77. The maximum atomic E-state index is 13.3. The second-order valence-electron chi connectivity index (χ2n) is 5.21. The molecule has 0 amide bonds. The van der Waals surface area contributed by atoms with Gasteiger partial charge in [-0.25, -0.2) is 4.39 Å². The van der Waals surface area contributed by atoms with Gasteiger partial charge in [0.2, 0.25) is 0 Å². The van der Waals surface area contributed by atoms with Crippen molar-refractivity contribution in [3.63, 3.8) is 0 Å². The number of benzene rings is 1. The first-order valence-electron chi connectivity index (χ1n) is 6.63. The van der Waals surface area contributed by atoms with E-state index in [2.05, 4.69) is 10.2 Å². The molecule has 0 saturated carbocycles. The summed E-state index contributed by atoms with van der Waals surface area (Å²) in [4.78, 5) is 2.24. The molecular weight excluding hydrogens is 231 g/mol. The molecule has 18 heavy (non-hydrogen) atoms. The molecule has 2 saturated heterocycles. The fourth-order valence-corrected chi connectivity index (χ4v) is 2.96. The smallest absolute Gasteiger partial charge is 0.125 e. The molecule has 2 fully saturated rings. The summed E-state index contributed by atoms with van der Waals surface area (Å²) in [5.41, 5.74) is 0.881. The van der Waals surface area contributed by atoms with Gasteiger partial charge in [0.25, 0.3) is 0 Å². The van der Waals surface area contributed by atoms with E-state index in [1.54, 1.807) is 12.1 Å². The van der Waals surface area contributed by atoms with E-state index in [0.29, 0.717) is 0 Å². The minimum atomic E-state index is -0.171. The Bertz CT molecular complexity index is 413. The molecule has 0 aliphatic carbocycles. The molecule has 0 aromatic heterocycles. The molecule has 1 atom stereocenters. The maximum Gasteiger partial charge on any atom is 0.125 e. The molecular formula is C14H19FN2O. The lowest BCUT2D eigenvalue weighted by atomic mass is 9.91. The third-order valence-electron chi connectivity index (χ3n) is 3.85. The molecule has 0 bridgehead atoms. The number of ether oxygens (including phenoxy) is 1. The van der Waals surface area contributed by atoms with Crippen molar-refractivity contribution < 1.29 is 9.13 Å². The van der Waals surface area contributed by atoms with Crippen molar-refractivity contribution in [2.24, 2.45) is 0 Å². The van der Waals surface area contributed by atoms with Gasteiger partial charge < -0.3 is 15.0 Å². The Hall–Kier alpha value is -1.13. The lowest BCUT2D eigenvalue weighted by Gasteiger charge is -2.45. The highest BCUT2D eigenvalue weighted by Gasteiger charge is 2.37. The average molecular weight is 250 g/mol. The van der Waals surface area contributed by atoms with Gasteiger partial charge in [-0.1, -0.05) is 6.07 Å². The molecule has 98 valence electrons. The minimum absolute atomic E-state index is 0.0805. The van der Waals surface area contributed by atoms with E-state index < -0.39 is 0 Å². The summed E-state index contributed by atoms with van der Waals surface area (Å²) in [6.45, 7) is 4.44. The standard InChI is InChI=1S/C14H19FN2O/c15-12-3-1-4-13(9-12)17-7-2-5-14(11-17)10-16-6-8-18-14/h1,3-4,9,16H,2,5-8,10-11H2/t14-/m0/s1. The van der Waals surface area contributed by atoms with Crippen LogP contribution in [0.25, 0.3) is 0 Å². The van der Waals surface area contributed by atoms with Crippen molar-refractivity contribution in [2.45, 2.75) is 18.4 Å². The van der Waals surface area contributed by atoms with Crippen molar-refractivity contribution in [3.05, 3.63) is 30.1 Å². The van der Waals surface area contributed by atoms with Crippen LogP contribution in [0, 0.1) is 5.82 Å². The van der Waals surface area contributed by atoms with Gasteiger partial charge in [-0.2, -0.15) is 0 Å². The zero-order chi connectivity index (χ0) is 12.4. The van der Waals surface area contributed by atoms with Crippen LogP contribution < -0.4 is 10.2 Å². The van der Waals surface area contributed by atoms with E-state index in [1.807, 2.05) is 6.07 Å². The molecule has 0 unspecified atom stereocenters. The van der Waals surface area contributed by atoms with Crippen LogP contribution in [0.4, 0.5) is 10.1 Å². The summed E-state index contributed by atoms with van der Waals surface area (Å²) >= 11 is 0. The molecule has 1 aromatic rings. The Labute approximate surface area is 107 Å². The van der Waals surface area contributed by atoms with Crippen LogP contribution in [-0.2, 0) is 4.74 Å². The van der Waals surface area contributed by atoms with E-state index in [9.17, 15) is 4.39 Å². The van der Waals surface area contributed by atoms with Gasteiger partial charge in [0.05, 0.1) is 12.2 Å². The summed E-state index contributed by atoms with van der Waals surface area (Å²) in [6, 6.07) is 6.83. The van der Waals surface area contributed by atoms with Crippen LogP contribution in [0.15, 0.2) is 24.3 Å². The largest absolute Gasteiger partial charge is 0.371 e. The number of rotatable bonds is 1. The fraction of sp³-hybridized carbons (Fsp3) is 0.571. The SMILES string of the molecule is Fc1cccc(N2CCC[C@]3(CNCCO3)C2)c1. The lowest BCUT2D eigenvalue weighted by Crippen LogP contribution is -2.58. The minimum Gasteiger partial charge on any atom is -0.371 e. The first-order chi connectivity index (χ1) is 8.77. The summed E-state index contributed by atoms with van der Waals surface area (Å²) in [5.74, 6) is -0.171. The van der Waals surface area contributed by atoms with Crippen molar-refractivity contribution in [2.75, 3.05) is 37.7 Å². The summed E-state index contributed by atoms with van der Waals surface area (Å²) in [5, 5.41) is 3.40. The van der Waals surface area contributed by atoms with E-state index >= 15 is 0 Å². The van der Waals surface area contributed by atoms with Gasteiger partial charge in [-0.3, -0.25) is 0 Å². The second-order valence-corrected chi connectivity index (χ2v) is 5.21. The van der Waals surface area contributed by atoms with Gasteiger partial charge in [0, 0.05) is 31.9 Å². The third kappa shape index (κ3) is 2.35. The summed E-state index contributed by atoms with van der Waals surface area (Å²) < 4.78 is 19.3. The number of piperidine rings is 1. The van der Waals surface area contributed by atoms with Gasteiger partial charge in [0.15, 0.2) is 0 Å². The van der Waals surface area contributed by atoms with E-state index in [0.717, 1.165) is 51.3 Å². The quantitative estimate of drug-likeness (QED) is 0.822.